The van der Waals surface area contributed by atoms with Gasteiger partial charge in [0.05, 0.1) is 0 Å². The maximum Gasteiger partial charge on any atom is 0 e. The molecule has 0 heterocycles. The molecule has 0 bridgehead atoms. The van der Waals surface area contributed by atoms with Gasteiger partial charge in [-0.2, -0.15) is 0 Å². The van der Waals surface area contributed by atoms with E-state index in [9.17, 15) is 0 Å². The van der Waals surface area contributed by atoms with E-state index in [1.54, 1.807) is 0 Å². The Hall–Kier alpha value is 104. The van der Waals surface area contributed by atoms with Gasteiger partial charge in [0.15, 0.2) is 0 Å². The minimum absolute atomic E-state index is 0. The third-order valence-electron chi connectivity index (χ3n) is 0. The summed E-state index contributed by atoms with van der Waals surface area (Å²) in [6, 6.07) is 0. The van der Waals surface area contributed by atoms with Crippen LogP contribution in [-0.2, 0) is 0 Å². The SMILES string of the molecule is [La].[La].[La].[La].[La].[La].[La].[La].[La].[La].[La].[La].[La].[La].[La].[La].[La].[La].[La].[La].[La].[La].[La].[La].[La].[La].[La].[La].[La].[La].[La].[La].[La].[La].[La].[La].[La].[La].[La].[La].[La].[La].[La].[La].[La].[La].[La].[La].[La].[La].[La].[La].[La].[La].[La].[La].[La].[La].[La].[La].[La].[La].[La].[La].[La].[La].[La].[La].[La].[La].[La].[La].[La].[La].[La].[La].[La].[La].[La].[La].[La].[La].[La].[La].[La].[La].[La]. The summed E-state index contributed by atoms with van der Waals surface area (Å²) in [5.74, 6) is 0. The minimum atomic E-state index is 0. The first-order valence-corrected chi connectivity index (χ1v) is 0. The van der Waals surface area contributed by atoms with Gasteiger partial charge in [-0.25, -0.2) is 0 Å². The van der Waals surface area contributed by atoms with E-state index in [0.29, 0.717) is 0 Å². The zero-order valence-electron chi connectivity index (χ0n) is 50.2. The van der Waals surface area contributed by atoms with Crippen LogP contribution in [0.2, 0.25) is 0 Å². The first kappa shape index (κ1) is 638. The van der Waals surface area contributed by atoms with Gasteiger partial charge >= 0.3 is 0 Å². The largest absolute Gasteiger partial charge is 0 e. The van der Waals surface area contributed by atoms with Gasteiger partial charge in [0, 0.05) is 3100 Å². The molecule has 0 rings (SSSR count). The average Bonchev–Trinajstić information content (AvgIpc) is 0. The van der Waals surface area contributed by atoms with Crippen molar-refractivity contribution in [3.63, 3.8) is 0 Å². The van der Waals surface area contributed by atoms with E-state index in [4.69, 9.17) is 0 Å². The summed E-state index contributed by atoms with van der Waals surface area (Å²) >= 11 is 0. The van der Waals surface area contributed by atoms with Crippen LogP contribution in [0.4, 0.5) is 0 Å². The van der Waals surface area contributed by atoms with E-state index in [0.717, 1.165) is 0 Å². The maximum absolute atomic E-state index is 0. The normalized spacial score (nSPS) is 0. The molecule has 0 aliphatic carbocycles. The molecule has 0 unspecified atom stereocenters. The maximum atomic E-state index is 0. The molecule has 0 fully saturated rings. The standard InChI is InChI=1S/87La. The van der Waals surface area contributed by atoms with Crippen molar-refractivity contribution in [3.05, 3.63) is 0 Å². The van der Waals surface area contributed by atoms with E-state index in [1.165, 1.54) is 0 Å². The van der Waals surface area contributed by atoms with Crippen LogP contribution in [0.5, 0.6) is 0 Å². The second-order valence-corrected chi connectivity index (χ2v) is 0. The van der Waals surface area contributed by atoms with Crippen LogP contribution in [0.15, 0.2) is 0 Å². The van der Waals surface area contributed by atoms with Crippen molar-refractivity contribution in [3.8, 4) is 0 Å². The molecule has 87 heavy (non-hydrogen) atoms. The molecule has 0 nitrogen and oxygen atoms in total. The number of hydrogen-bond donors (Lipinski definition) is 0. The molecule has 87 radical (unpaired) electrons. The van der Waals surface area contributed by atoms with Crippen LogP contribution < -0.4 is 0 Å². The Morgan fingerprint density at radius 2 is 0.0115 bits per heavy atom. The van der Waals surface area contributed by atoms with Crippen LogP contribution in [0.25, 0.3) is 0 Å². The predicted octanol–water partition coefficient (Wildman–Crippen LogP) is 0. The van der Waals surface area contributed by atoms with Crippen molar-refractivity contribution in [1.29, 1.82) is 0 Å². The second kappa shape index (κ2) is 628. The summed E-state index contributed by atoms with van der Waals surface area (Å²) in [5.41, 5.74) is 0. The van der Waals surface area contributed by atoms with Crippen LogP contribution in [-0.4, -0.2) is 0 Å². The molecule has 0 atom stereocenters. The second-order valence-electron chi connectivity index (χ2n) is 0. The van der Waals surface area contributed by atoms with E-state index in [-0.39, 0.29) is 3100 Å². The van der Waals surface area contributed by atoms with Crippen LogP contribution in [0, 0.1) is 3100 Å². The van der Waals surface area contributed by atoms with Crippen LogP contribution in [0.3, 0.4) is 0 Å². The third-order valence-corrected chi connectivity index (χ3v) is 0. The molecule has 0 aliphatic rings. The van der Waals surface area contributed by atoms with E-state index >= 15 is 0 Å². The van der Waals surface area contributed by atoms with Gasteiger partial charge in [0.1, 0.15) is 0 Å². The summed E-state index contributed by atoms with van der Waals surface area (Å²) in [6.45, 7) is 0. The Labute approximate surface area is 2970 Å². The molecule has 0 N–H and O–H groups in total. The zero-order chi connectivity index (χ0) is 0. The van der Waals surface area contributed by atoms with Crippen molar-refractivity contribution < 1.29 is 3100 Å². The summed E-state index contributed by atoms with van der Waals surface area (Å²) in [7, 11) is 0. The van der Waals surface area contributed by atoms with Gasteiger partial charge in [-0.15, -0.1) is 0 Å². The average molecular weight is 12100 g/mol. The molecule has 0 saturated heterocycles. The first-order valence-electron chi connectivity index (χ1n) is 0. The van der Waals surface area contributed by atoms with Crippen molar-refractivity contribution in [2.24, 2.45) is 0 Å². The molecule has 0 spiro atoms. The van der Waals surface area contributed by atoms with Crippen molar-refractivity contribution in [2.75, 3.05) is 0 Å². The van der Waals surface area contributed by atoms with Gasteiger partial charge < -0.3 is 0 Å². The molecule has 0 amide bonds. The molecule has 87 heteroatoms. The molecule has 261 valence electrons. The fourth-order valence-electron chi connectivity index (χ4n) is 0. The molecule has 0 aliphatic heterocycles. The third kappa shape index (κ3) is 621. The molecular formula is La87. The number of rotatable bonds is 0. The summed E-state index contributed by atoms with van der Waals surface area (Å²) < 4.78 is 0. The Morgan fingerprint density at radius 3 is 0.0115 bits per heavy atom. The fourth-order valence-corrected chi connectivity index (χ4v) is 0. The summed E-state index contributed by atoms with van der Waals surface area (Å²) in [6.07, 6.45) is 0. The quantitative estimate of drug-likeness (QED) is 0.321. The summed E-state index contributed by atoms with van der Waals surface area (Å²) in [4.78, 5) is 0. The molecule has 0 aromatic rings. The fraction of sp³-hybridized carbons (Fsp3) is 0. The van der Waals surface area contributed by atoms with E-state index in [1.807, 2.05) is 0 Å². The molecular weight excluding hydrogens is 12100 g/mol. The van der Waals surface area contributed by atoms with E-state index < -0.39 is 0 Å². The zero-order valence-corrected chi connectivity index (χ0v) is 366. The van der Waals surface area contributed by atoms with Gasteiger partial charge in [-0.3, -0.25) is 0 Å². The molecule has 0 saturated carbocycles. The van der Waals surface area contributed by atoms with Gasteiger partial charge in [-0.05, 0) is 0 Å². The van der Waals surface area contributed by atoms with Gasteiger partial charge in [-0.1, -0.05) is 0 Å². The van der Waals surface area contributed by atoms with Crippen molar-refractivity contribution in [1.82, 2.24) is 0 Å². The van der Waals surface area contributed by atoms with Crippen LogP contribution in [0.1, 0.15) is 0 Å². The number of hydrogen-bond acceptors (Lipinski definition) is 0. The topological polar surface area (TPSA) is 0 Å². The Kier molecular flexibility index (Phi) is 4600. The Bertz CT molecular complexity index is 0. The predicted molar refractivity (Wildman–Crippen MR) is 0 cm³/mol. The van der Waals surface area contributed by atoms with Gasteiger partial charge in [0.25, 0.3) is 0 Å². The first-order chi connectivity index (χ1) is 0. The molecule has 0 aromatic carbocycles. The van der Waals surface area contributed by atoms with E-state index in [2.05, 4.69) is 0 Å². The monoisotopic (exact) mass is 12100 g/mol. The minimum Gasteiger partial charge on any atom is 0 e. The Morgan fingerprint density at radius 1 is 0.0115 bits per heavy atom. The van der Waals surface area contributed by atoms with Crippen LogP contribution >= 0.6 is 0 Å². The smallest absolute Gasteiger partial charge is 0 e. The van der Waals surface area contributed by atoms with Gasteiger partial charge in [0.2, 0.25) is 0 Å². The Balaban J connectivity index is 0. The molecule has 0 aromatic heterocycles. The van der Waals surface area contributed by atoms with Crippen molar-refractivity contribution >= 4 is 0 Å². The van der Waals surface area contributed by atoms with Crippen molar-refractivity contribution in [2.45, 2.75) is 0 Å². The summed E-state index contributed by atoms with van der Waals surface area (Å²) in [5, 5.41) is 0.